The maximum atomic E-state index is 11.8. The largest absolute Gasteiger partial charge is 0.401 e. The molecule has 0 bridgehead atoms. The highest BCUT2D eigenvalue weighted by molar-refractivity contribution is 5.78. The van der Waals surface area contributed by atoms with E-state index >= 15 is 0 Å². The molecule has 0 heterocycles. The summed E-state index contributed by atoms with van der Waals surface area (Å²) >= 11 is 0. The molecule has 1 fully saturated rings. The molecule has 17 heavy (non-hydrogen) atoms. The summed E-state index contributed by atoms with van der Waals surface area (Å²) in [4.78, 5) is 11.4. The molecule has 3 nitrogen and oxygen atoms in total. The number of hydrogen-bond donors (Lipinski definition) is 2. The van der Waals surface area contributed by atoms with Gasteiger partial charge in [0.2, 0.25) is 5.91 Å². The van der Waals surface area contributed by atoms with E-state index in [4.69, 9.17) is 0 Å². The van der Waals surface area contributed by atoms with E-state index in [1.807, 2.05) is 0 Å². The van der Waals surface area contributed by atoms with Gasteiger partial charge in [0, 0.05) is 6.04 Å². The lowest BCUT2D eigenvalue weighted by Crippen LogP contribution is -2.42. The fourth-order valence-electron chi connectivity index (χ4n) is 2.02. The maximum absolute atomic E-state index is 11.8. The number of nitrogens with one attached hydrogen (secondary N) is 2. The summed E-state index contributed by atoms with van der Waals surface area (Å²) in [6, 6.07) is 0.137. The van der Waals surface area contributed by atoms with E-state index in [1.54, 1.807) is 0 Å². The Kier molecular flexibility index (Phi) is 5.74. The molecule has 100 valence electrons. The Morgan fingerprint density at radius 2 is 1.71 bits per heavy atom. The van der Waals surface area contributed by atoms with E-state index in [0.29, 0.717) is 0 Å². The van der Waals surface area contributed by atoms with Crippen molar-refractivity contribution in [2.75, 3.05) is 13.1 Å². The topological polar surface area (TPSA) is 41.1 Å². The van der Waals surface area contributed by atoms with Crippen molar-refractivity contribution in [1.82, 2.24) is 10.6 Å². The van der Waals surface area contributed by atoms with Crippen LogP contribution in [0.4, 0.5) is 13.2 Å². The Labute approximate surface area is 99.1 Å². The molecule has 1 aliphatic carbocycles. The van der Waals surface area contributed by atoms with Gasteiger partial charge in [-0.15, -0.1) is 0 Å². The summed E-state index contributed by atoms with van der Waals surface area (Å²) in [6.07, 6.45) is 2.14. The SMILES string of the molecule is O=C(CNCC(F)(F)F)NC1CCCCCC1. The van der Waals surface area contributed by atoms with Gasteiger partial charge in [-0.3, -0.25) is 4.79 Å². The molecule has 2 N–H and O–H groups in total. The monoisotopic (exact) mass is 252 g/mol. The molecule has 1 aliphatic rings. The van der Waals surface area contributed by atoms with Gasteiger partial charge in [-0.25, -0.2) is 0 Å². The summed E-state index contributed by atoms with van der Waals surface area (Å²) in [5.74, 6) is -0.346. The minimum atomic E-state index is -4.26. The molecule has 1 amide bonds. The summed E-state index contributed by atoms with van der Waals surface area (Å²) in [5.41, 5.74) is 0. The average molecular weight is 252 g/mol. The molecule has 0 atom stereocenters. The Bertz CT molecular complexity index is 235. The molecule has 0 aliphatic heterocycles. The first-order valence-corrected chi connectivity index (χ1v) is 6.04. The Morgan fingerprint density at radius 1 is 1.12 bits per heavy atom. The molecule has 0 unspecified atom stereocenters. The third kappa shape index (κ3) is 7.20. The molecule has 0 aromatic heterocycles. The van der Waals surface area contributed by atoms with Crippen LogP contribution in [-0.4, -0.2) is 31.2 Å². The summed E-state index contributed by atoms with van der Waals surface area (Å²) in [5, 5.41) is 4.87. The predicted molar refractivity (Wildman–Crippen MR) is 58.6 cm³/mol. The molecule has 0 spiro atoms. The van der Waals surface area contributed by atoms with Crippen molar-refractivity contribution in [2.24, 2.45) is 0 Å². The van der Waals surface area contributed by atoms with Crippen LogP contribution in [0.2, 0.25) is 0 Å². The summed E-state index contributed by atoms with van der Waals surface area (Å²) in [7, 11) is 0. The van der Waals surface area contributed by atoms with Crippen LogP contribution < -0.4 is 10.6 Å². The Morgan fingerprint density at radius 3 is 2.24 bits per heavy atom. The van der Waals surface area contributed by atoms with Crippen LogP contribution in [0.25, 0.3) is 0 Å². The van der Waals surface area contributed by atoms with Gasteiger partial charge >= 0.3 is 6.18 Å². The van der Waals surface area contributed by atoms with Crippen molar-refractivity contribution in [3.8, 4) is 0 Å². The highest BCUT2D eigenvalue weighted by atomic mass is 19.4. The van der Waals surface area contributed by atoms with Crippen molar-refractivity contribution in [1.29, 1.82) is 0 Å². The minimum absolute atomic E-state index is 0.137. The van der Waals surface area contributed by atoms with Gasteiger partial charge in [-0.2, -0.15) is 13.2 Å². The minimum Gasteiger partial charge on any atom is -0.352 e. The molecule has 0 saturated heterocycles. The molecule has 0 radical (unpaired) electrons. The lowest BCUT2D eigenvalue weighted by Gasteiger charge is -2.16. The van der Waals surface area contributed by atoms with Gasteiger partial charge in [-0.05, 0) is 12.8 Å². The zero-order valence-electron chi connectivity index (χ0n) is 9.78. The first kappa shape index (κ1) is 14.3. The number of alkyl halides is 3. The first-order chi connectivity index (χ1) is 7.97. The van der Waals surface area contributed by atoms with Gasteiger partial charge in [0.15, 0.2) is 0 Å². The predicted octanol–water partition coefficient (Wildman–Crippen LogP) is 1.98. The zero-order valence-corrected chi connectivity index (χ0v) is 9.78. The van der Waals surface area contributed by atoms with Gasteiger partial charge < -0.3 is 10.6 Å². The molecular weight excluding hydrogens is 233 g/mol. The molecule has 1 rings (SSSR count). The smallest absolute Gasteiger partial charge is 0.352 e. The van der Waals surface area contributed by atoms with Crippen molar-refractivity contribution >= 4 is 5.91 Å². The number of carbonyl (C=O) groups excluding carboxylic acids is 1. The third-order valence-electron chi connectivity index (χ3n) is 2.83. The van der Waals surface area contributed by atoms with E-state index in [2.05, 4.69) is 10.6 Å². The molecule has 0 aromatic rings. The van der Waals surface area contributed by atoms with Crippen LogP contribution in [-0.2, 0) is 4.79 Å². The van der Waals surface area contributed by atoms with Gasteiger partial charge in [0.05, 0.1) is 13.1 Å². The van der Waals surface area contributed by atoms with Crippen LogP contribution in [0.1, 0.15) is 38.5 Å². The van der Waals surface area contributed by atoms with Crippen molar-refractivity contribution < 1.29 is 18.0 Å². The second-order valence-corrected chi connectivity index (χ2v) is 4.47. The van der Waals surface area contributed by atoms with Gasteiger partial charge in [0.1, 0.15) is 0 Å². The van der Waals surface area contributed by atoms with E-state index in [9.17, 15) is 18.0 Å². The van der Waals surface area contributed by atoms with Gasteiger partial charge in [0.25, 0.3) is 0 Å². The number of carbonyl (C=O) groups is 1. The number of amides is 1. The van der Waals surface area contributed by atoms with Crippen LogP contribution in [0.5, 0.6) is 0 Å². The fourth-order valence-corrected chi connectivity index (χ4v) is 2.02. The van der Waals surface area contributed by atoms with Crippen molar-refractivity contribution in [2.45, 2.75) is 50.7 Å². The van der Waals surface area contributed by atoms with E-state index in [1.165, 1.54) is 12.8 Å². The second kappa shape index (κ2) is 6.83. The lowest BCUT2D eigenvalue weighted by molar-refractivity contribution is -0.128. The maximum Gasteiger partial charge on any atom is 0.401 e. The van der Waals surface area contributed by atoms with E-state index in [-0.39, 0.29) is 18.5 Å². The number of halogens is 3. The third-order valence-corrected chi connectivity index (χ3v) is 2.83. The van der Waals surface area contributed by atoms with Crippen LogP contribution in [0.3, 0.4) is 0 Å². The fraction of sp³-hybridized carbons (Fsp3) is 0.909. The average Bonchev–Trinajstić information content (AvgIpc) is 2.44. The second-order valence-electron chi connectivity index (χ2n) is 4.47. The van der Waals surface area contributed by atoms with Gasteiger partial charge in [-0.1, -0.05) is 25.7 Å². The molecular formula is C11H19F3N2O. The van der Waals surface area contributed by atoms with E-state index in [0.717, 1.165) is 25.7 Å². The van der Waals surface area contributed by atoms with Crippen LogP contribution in [0.15, 0.2) is 0 Å². The van der Waals surface area contributed by atoms with Crippen LogP contribution in [0, 0.1) is 0 Å². The summed E-state index contributed by atoms with van der Waals surface area (Å²) < 4.78 is 35.5. The van der Waals surface area contributed by atoms with E-state index < -0.39 is 12.7 Å². The normalized spacial score (nSPS) is 18.8. The first-order valence-electron chi connectivity index (χ1n) is 6.04. The highest BCUT2D eigenvalue weighted by Crippen LogP contribution is 2.17. The quantitative estimate of drug-likeness (QED) is 0.751. The van der Waals surface area contributed by atoms with Crippen LogP contribution >= 0.6 is 0 Å². The number of hydrogen-bond acceptors (Lipinski definition) is 2. The molecule has 1 saturated carbocycles. The molecule has 0 aromatic carbocycles. The Hall–Kier alpha value is -0.780. The standard InChI is InChI=1S/C11H19F3N2O/c12-11(13,14)8-15-7-10(17)16-9-5-3-1-2-4-6-9/h9,15H,1-8H2,(H,16,17). The molecule has 6 heteroatoms. The number of rotatable bonds is 4. The highest BCUT2D eigenvalue weighted by Gasteiger charge is 2.26. The zero-order chi connectivity index (χ0) is 12.7. The lowest BCUT2D eigenvalue weighted by atomic mass is 10.1. The Balaban J connectivity index is 2.15. The van der Waals surface area contributed by atoms with Crippen molar-refractivity contribution in [3.63, 3.8) is 0 Å². The van der Waals surface area contributed by atoms with Crippen molar-refractivity contribution in [3.05, 3.63) is 0 Å². The summed E-state index contributed by atoms with van der Waals surface area (Å²) in [6.45, 7) is -1.39.